The van der Waals surface area contributed by atoms with Crippen molar-refractivity contribution >= 4 is 17.2 Å². The number of carbonyl (C=O) groups is 1. The van der Waals surface area contributed by atoms with Crippen molar-refractivity contribution in [1.29, 1.82) is 0 Å². The molecule has 1 aliphatic heterocycles. The third-order valence-corrected chi connectivity index (χ3v) is 5.77. The van der Waals surface area contributed by atoms with E-state index in [0.717, 1.165) is 31.8 Å². The van der Waals surface area contributed by atoms with Crippen LogP contribution in [0.25, 0.3) is 11.3 Å². The SMILES string of the molecule is O=C(c1ccc(-c2cccc(C(F)(F)F)c2)o1)N1CCN(Cc2cccs2)CC1. The fourth-order valence-electron chi connectivity index (χ4n) is 3.34. The summed E-state index contributed by atoms with van der Waals surface area (Å²) < 4.78 is 44.3. The number of hydrogen-bond acceptors (Lipinski definition) is 4. The lowest BCUT2D eigenvalue weighted by atomic mass is 10.1. The van der Waals surface area contributed by atoms with E-state index in [9.17, 15) is 18.0 Å². The summed E-state index contributed by atoms with van der Waals surface area (Å²) in [6.07, 6.45) is -4.43. The van der Waals surface area contributed by atoms with Gasteiger partial charge in [0.25, 0.3) is 5.91 Å². The molecule has 0 bridgehead atoms. The number of hydrogen-bond donors (Lipinski definition) is 0. The van der Waals surface area contributed by atoms with Gasteiger partial charge in [-0.05, 0) is 35.7 Å². The van der Waals surface area contributed by atoms with Gasteiger partial charge in [-0.25, -0.2) is 0 Å². The highest BCUT2D eigenvalue weighted by molar-refractivity contribution is 7.09. The number of thiophene rings is 1. The van der Waals surface area contributed by atoms with Crippen LogP contribution in [0.15, 0.2) is 58.3 Å². The lowest BCUT2D eigenvalue weighted by Crippen LogP contribution is -2.48. The minimum absolute atomic E-state index is 0.143. The standard InChI is InChI=1S/C21H19F3N2O2S/c22-21(23,24)16-4-1-3-15(13-16)18-6-7-19(28-18)20(27)26-10-8-25(9-11-26)14-17-5-2-12-29-17/h1-7,12-13H,8-11,14H2. The van der Waals surface area contributed by atoms with Crippen LogP contribution in [0.3, 0.4) is 0 Å². The molecular weight excluding hydrogens is 401 g/mol. The van der Waals surface area contributed by atoms with Gasteiger partial charge in [0, 0.05) is 43.2 Å². The zero-order chi connectivity index (χ0) is 20.4. The van der Waals surface area contributed by atoms with Gasteiger partial charge < -0.3 is 9.32 Å². The molecule has 2 aromatic heterocycles. The van der Waals surface area contributed by atoms with E-state index in [1.54, 1.807) is 16.2 Å². The molecule has 1 fully saturated rings. The van der Waals surface area contributed by atoms with Crippen molar-refractivity contribution in [2.75, 3.05) is 26.2 Å². The van der Waals surface area contributed by atoms with Gasteiger partial charge in [-0.2, -0.15) is 13.2 Å². The third-order valence-electron chi connectivity index (χ3n) is 4.91. The number of alkyl halides is 3. The second-order valence-corrected chi connectivity index (χ2v) is 7.92. The molecule has 4 nitrogen and oxygen atoms in total. The molecule has 0 saturated carbocycles. The zero-order valence-electron chi connectivity index (χ0n) is 15.5. The van der Waals surface area contributed by atoms with Gasteiger partial charge in [0.1, 0.15) is 5.76 Å². The molecule has 1 amide bonds. The number of piperazine rings is 1. The van der Waals surface area contributed by atoms with Crippen molar-refractivity contribution in [3.05, 3.63) is 70.1 Å². The van der Waals surface area contributed by atoms with Crippen molar-refractivity contribution in [2.24, 2.45) is 0 Å². The summed E-state index contributed by atoms with van der Waals surface area (Å²) in [7, 11) is 0. The molecule has 3 aromatic rings. The Hall–Kier alpha value is -2.58. The van der Waals surface area contributed by atoms with Crippen LogP contribution in [0, 0.1) is 0 Å². The van der Waals surface area contributed by atoms with E-state index in [-0.39, 0.29) is 17.4 Å². The van der Waals surface area contributed by atoms with Crippen molar-refractivity contribution in [2.45, 2.75) is 12.7 Å². The highest BCUT2D eigenvalue weighted by Crippen LogP contribution is 2.32. The average molecular weight is 420 g/mol. The summed E-state index contributed by atoms with van der Waals surface area (Å²) in [4.78, 5) is 18.0. The quantitative estimate of drug-likeness (QED) is 0.597. The maximum Gasteiger partial charge on any atom is 0.416 e. The van der Waals surface area contributed by atoms with E-state index < -0.39 is 11.7 Å². The van der Waals surface area contributed by atoms with Crippen LogP contribution < -0.4 is 0 Å². The molecule has 152 valence electrons. The van der Waals surface area contributed by atoms with Crippen molar-refractivity contribution in [3.8, 4) is 11.3 Å². The molecule has 4 rings (SSSR count). The average Bonchev–Trinajstić information content (AvgIpc) is 3.40. The second-order valence-electron chi connectivity index (χ2n) is 6.89. The lowest BCUT2D eigenvalue weighted by molar-refractivity contribution is -0.137. The normalized spacial score (nSPS) is 15.6. The highest BCUT2D eigenvalue weighted by Gasteiger charge is 2.31. The van der Waals surface area contributed by atoms with Gasteiger partial charge in [0.15, 0.2) is 5.76 Å². The minimum Gasteiger partial charge on any atom is -0.451 e. The number of amides is 1. The molecule has 1 aliphatic rings. The van der Waals surface area contributed by atoms with E-state index in [4.69, 9.17) is 4.42 Å². The molecule has 1 saturated heterocycles. The molecule has 1 aromatic carbocycles. The van der Waals surface area contributed by atoms with Gasteiger partial charge in [0.05, 0.1) is 5.56 Å². The molecule has 0 atom stereocenters. The first-order chi connectivity index (χ1) is 13.9. The van der Waals surface area contributed by atoms with Crippen molar-refractivity contribution in [3.63, 3.8) is 0 Å². The molecule has 0 N–H and O–H groups in total. The van der Waals surface area contributed by atoms with Crippen molar-refractivity contribution in [1.82, 2.24) is 9.80 Å². The van der Waals surface area contributed by atoms with E-state index in [2.05, 4.69) is 11.0 Å². The summed E-state index contributed by atoms with van der Waals surface area (Å²) in [5, 5.41) is 2.05. The molecule has 0 spiro atoms. The number of halogens is 3. The number of nitrogens with zero attached hydrogens (tertiary/aromatic N) is 2. The minimum atomic E-state index is -4.43. The monoisotopic (exact) mass is 420 g/mol. The molecule has 29 heavy (non-hydrogen) atoms. The Morgan fingerprint density at radius 1 is 1.03 bits per heavy atom. The summed E-state index contributed by atoms with van der Waals surface area (Å²) in [6, 6.07) is 12.1. The van der Waals surface area contributed by atoms with Gasteiger partial charge in [-0.15, -0.1) is 11.3 Å². The first-order valence-corrected chi connectivity index (χ1v) is 10.1. The number of rotatable bonds is 4. The van der Waals surface area contributed by atoms with E-state index in [0.29, 0.717) is 18.7 Å². The number of carbonyl (C=O) groups excluding carboxylic acids is 1. The molecule has 8 heteroatoms. The molecule has 0 unspecified atom stereocenters. The summed E-state index contributed by atoms with van der Waals surface area (Å²) in [5.74, 6) is 0.152. The molecular formula is C21H19F3N2O2S. The van der Waals surface area contributed by atoms with Crippen LogP contribution in [0.2, 0.25) is 0 Å². The van der Waals surface area contributed by atoms with Crippen LogP contribution in [-0.4, -0.2) is 41.9 Å². The number of benzene rings is 1. The fourth-order valence-corrected chi connectivity index (χ4v) is 4.09. The smallest absolute Gasteiger partial charge is 0.416 e. The van der Waals surface area contributed by atoms with E-state index in [1.165, 1.54) is 29.1 Å². The Morgan fingerprint density at radius 3 is 2.52 bits per heavy atom. The van der Waals surface area contributed by atoms with Gasteiger partial charge >= 0.3 is 6.18 Å². The van der Waals surface area contributed by atoms with Crippen LogP contribution in [0.5, 0.6) is 0 Å². The maximum atomic E-state index is 12.9. The third kappa shape index (κ3) is 4.54. The second kappa shape index (κ2) is 8.04. The zero-order valence-corrected chi connectivity index (χ0v) is 16.3. The molecule has 0 radical (unpaired) electrons. The Kier molecular flexibility index (Phi) is 5.47. The fraction of sp³-hybridized carbons (Fsp3) is 0.286. The first-order valence-electron chi connectivity index (χ1n) is 9.21. The van der Waals surface area contributed by atoms with E-state index >= 15 is 0 Å². The van der Waals surface area contributed by atoms with Crippen LogP contribution in [-0.2, 0) is 12.7 Å². The van der Waals surface area contributed by atoms with Gasteiger partial charge in [-0.3, -0.25) is 9.69 Å². The van der Waals surface area contributed by atoms with Gasteiger partial charge in [0.2, 0.25) is 0 Å². The summed E-state index contributed by atoms with van der Waals surface area (Å²) in [5.41, 5.74) is -0.458. The largest absolute Gasteiger partial charge is 0.451 e. The predicted molar refractivity (Wildman–Crippen MR) is 105 cm³/mol. The number of furan rings is 1. The molecule has 3 heterocycles. The van der Waals surface area contributed by atoms with Crippen molar-refractivity contribution < 1.29 is 22.4 Å². The molecule has 0 aliphatic carbocycles. The highest BCUT2D eigenvalue weighted by atomic mass is 32.1. The first kappa shape index (κ1) is 19.7. The predicted octanol–water partition coefficient (Wildman–Crippen LogP) is 4.98. The Bertz CT molecular complexity index is 974. The van der Waals surface area contributed by atoms with Crippen LogP contribution in [0.1, 0.15) is 21.0 Å². The maximum absolute atomic E-state index is 12.9. The summed E-state index contributed by atoms with van der Waals surface area (Å²) >= 11 is 1.72. The Labute approximate surface area is 170 Å². The topological polar surface area (TPSA) is 36.7 Å². The lowest BCUT2D eigenvalue weighted by Gasteiger charge is -2.34. The van der Waals surface area contributed by atoms with Crippen LogP contribution in [0.4, 0.5) is 13.2 Å². The Morgan fingerprint density at radius 2 is 1.83 bits per heavy atom. The Balaban J connectivity index is 1.40. The van der Waals surface area contributed by atoms with E-state index in [1.807, 2.05) is 11.4 Å². The van der Waals surface area contributed by atoms with Gasteiger partial charge in [-0.1, -0.05) is 18.2 Å². The van der Waals surface area contributed by atoms with Crippen LogP contribution >= 0.6 is 11.3 Å². The summed E-state index contributed by atoms with van der Waals surface area (Å²) in [6.45, 7) is 3.59.